The van der Waals surface area contributed by atoms with Gasteiger partial charge in [0.1, 0.15) is 5.82 Å². The van der Waals surface area contributed by atoms with E-state index in [1.54, 1.807) is 12.1 Å². The second-order valence-corrected chi connectivity index (χ2v) is 7.56. The molecule has 1 heterocycles. The van der Waals surface area contributed by atoms with E-state index in [0.29, 0.717) is 5.56 Å². The van der Waals surface area contributed by atoms with Crippen molar-refractivity contribution in [2.75, 3.05) is 10.2 Å². The van der Waals surface area contributed by atoms with Crippen molar-refractivity contribution in [2.24, 2.45) is 5.92 Å². The fourth-order valence-corrected chi connectivity index (χ4v) is 4.36. The van der Waals surface area contributed by atoms with Crippen LogP contribution in [0.25, 0.3) is 0 Å². The maximum Gasteiger partial charge on any atom is 0.258 e. The highest BCUT2D eigenvalue weighted by molar-refractivity contribution is 6.07. The Kier molecular flexibility index (Phi) is 5.34. The summed E-state index contributed by atoms with van der Waals surface area (Å²) in [6.45, 7) is 4.30. The predicted octanol–water partition coefficient (Wildman–Crippen LogP) is 6.05. The average Bonchev–Trinajstić information content (AvgIpc) is 2.76. The Morgan fingerprint density at radius 1 is 0.966 bits per heavy atom. The lowest BCUT2D eigenvalue weighted by Gasteiger charge is -2.45. The number of nitrogens with one attached hydrogen (secondary N) is 1. The predicted molar refractivity (Wildman–Crippen MR) is 116 cm³/mol. The van der Waals surface area contributed by atoms with Crippen LogP contribution in [0.5, 0.6) is 0 Å². The van der Waals surface area contributed by atoms with Gasteiger partial charge in [-0.1, -0.05) is 50.2 Å². The first-order valence-corrected chi connectivity index (χ1v) is 10.1. The van der Waals surface area contributed by atoms with Crippen molar-refractivity contribution in [1.82, 2.24) is 0 Å². The van der Waals surface area contributed by atoms with Crippen LogP contribution in [-0.4, -0.2) is 11.9 Å². The number of amides is 1. The minimum Gasteiger partial charge on any atom is -0.378 e. The SMILES string of the molecule is CC[C@@H]1[C@@H](C)[C@H](Nc2ccccc2)c2ccccc2N1C(=O)c1ccc(F)cc1. The van der Waals surface area contributed by atoms with Gasteiger partial charge in [-0.25, -0.2) is 4.39 Å². The number of hydrogen-bond donors (Lipinski definition) is 1. The Balaban J connectivity index is 1.76. The lowest BCUT2D eigenvalue weighted by molar-refractivity contribution is 0.0960. The molecule has 4 heteroatoms. The van der Waals surface area contributed by atoms with E-state index in [2.05, 4.69) is 37.4 Å². The molecular weight excluding hydrogens is 363 g/mol. The number of carbonyl (C=O) groups is 1. The van der Waals surface area contributed by atoms with Crippen LogP contribution in [0.1, 0.15) is 42.2 Å². The molecule has 0 radical (unpaired) electrons. The van der Waals surface area contributed by atoms with Crippen molar-refractivity contribution in [3.05, 3.63) is 95.8 Å². The summed E-state index contributed by atoms with van der Waals surface area (Å²) in [6, 6.07) is 24.2. The quantitative estimate of drug-likeness (QED) is 0.590. The summed E-state index contributed by atoms with van der Waals surface area (Å²) >= 11 is 0. The summed E-state index contributed by atoms with van der Waals surface area (Å²) in [4.78, 5) is 15.3. The molecule has 0 aliphatic carbocycles. The van der Waals surface area contributed by atoms with E-state index in [1.807, 2.05) is 41.3 Å². The van der Waals surface area contributed by atoms with Crippen molar-refractivity contribution in [3.8, 4) is 0 Å². The number of anilines is 2. The van der Waals surface area contributed by atoms with Crippen LogP contribution in [-0.2, 0) is 0 Å². The third-order valence-electron chi connectivity index (χ3n) is 5.82. The van der Waals surface area contributed by atoms with E-state index in [4.69, 9.17) is 0 Å². The summed E-state index contributed by atoms with van der Waals surface area (Å²) in [6.07, 6.45) is 0.829. The molecule has 3 aromatic rings. The van der Waals surface area contributed by atoms with Crippen LogP contribution in [0.4, 0.5) is 15.8 Å². The molecule has 1 amide bonds. The van der Waals surface area contributed by atoms with Gasteiger partial charge in [-0.2, -0.15) is 0 Å². The molecule has 148 valence electrons. The summed E-state index contributed by atoms with van der Waals surface area (Å²) in [5.41, 5.74) is 3.58. The Bertz CT molecular complexity index is 987. The Labute approximate surface area is 171 Å². The van der Waals surface area contributed by atoms with E-state index >= 15 is 0 Å². The molecule has 29 heavy (non-hydrogen) atoms. The van der Waals surface area contributed by atoms with Crippen LogP contribution in [0.2, 0.25) is 0 Å². The van der Waals surface area contributed by atoms with Gasteiger partial charge in [0.25, 0.3) is 5.91 Å². The van der Waals surface area contributed by atoms with E-state index in [9.17, 15) is 9.18 Å². The first kappa shape index (κ1) is 19.2. The highest BCUT2D eigenvalue weighted by atomic mass is 19.1. The number of halogens is 1. The number of fused-ring (bicyclic) bond motifs is 1. The molecule has 1 aliphatic heterocycles. The third kappa shape index (κ3) is 3.63. The number of carbonyl (C=O) groups excluding carboxylic acids is 1. The van der Waals surface area contributed by atoms with Crippen LogP contribution >= 0.6 is 0 Å². The summed E-state index contributed by atoms with van der Waals surface area (Å²) < 4.78 is 13.4. The van der Waals surface area contributed by atoms with Gasteiger partial charge in [0.2, 0.25) is 0 Å². The smallest absolute Gasteiger partial charge is 0.258 e. The highest BCUT2D eigenvalue weighted by Gasteiger charge is 2.40. The molecular formula is C25H25FN2O. The summed E-state index contributed by atoms with van der Waals surface area (Å²) in [5.74, 6) is -0.234. The van der Waals surface area contributed by atoms with Gasteiger partial charge in [-0.05, 0) is 54.4 Å². The fourth-order valence-electron chi connectivity index (χ4n) is 4.36. The molecule has 3 atom stereocenters. The maximum atomic E-state index is 13.4. The molecule has 0 spiro atoms. The monoisotopic (exact) mass is 388 g/mol. The van der Waals surface area contributed by atoms with Gasteiger partial charge in [-0.15, -0.1) is 0 Å². The van der Waals surface area contributed by atoms with Crippen LogP contribution in [0.3, 0.4) is 0 Å². The number of para-hydroxylation sites is 2. The molecule has 0 unspecified atom stereocenters. The normalized spacial score (nSPS) is 20.8. The van der Waals surface area contributed by atoms with Crippen molar-refractivity contribution in [3.63, 3.8) is 0 Å². The minimum absolute atomic E-state index is 0.0312. The van der Waals surface area contributed by atoms with Crippen LogP contribution in [0.15, 0.2) is 78.9 Å². The second kappa shape index (κ2) is 8.08. The first-order valence-electron chi connectivity index (χ1n) is 10.1. The highest BCUT2D eigenvalue weighted by Crippen LogP contribution is 2.43. The van der Waals surface area contributed by atoms with Crippen molar-refractivity contribution in [1.29, 1.82) is 0 Å². The first-order chi connectivity index (χ1) is 14.1. The van der Waals surface area contributed by atoms with E-state index < -0.39 is 0 Å². The van der Waals surface area contributed by atoms with E-state index in [1.165, 1.54) is 12.1 Å². The molecule has 1 N–H and O–H groups in total. The molecule has 0 saturated heterocycles. The largest absolute Gasteiger partial charge is 0.378 e. The Morgan fingerprint density at radius 3 is 2.31 bits per heavy atom. The molecule has 0 fully saturated rings. The Morgan fingerprint density at radius 2 is 1.62 bits per heavy atom. The summed E-state index contributed by atoms with van der Waals surface area (Å²) in [5, 5.41) is 3.67. The van der Waals surface area contributed by atoms with Gasteiger partial charge in [0.15, 0.2) is 0 Å². The molecule has 0 saturated carbocycles. The van der Waals surface area contributed by atoms with Crippen LogP contribution in [0, 0.1) is 11.7 Å². The zero-order chi connectivity index (χ0) is 20.4. The number of hydrogen-bond acceptors (Lipinski definition) is 2. The van der Waals surface area contributed by atoms with Crippen LogP contribution < -0.4 is 10.2 Å². The molecule has 4 rings (SSSR count). The molecule has 1 aliphatic rings. The second-order valence-electron chi connectivity index (χ2n) is 7.56. The van der Waals surface area contributed by atoms with Gasteiger partial charge < -0.3 is 10.2 Å². The summed E-state index contributed by atoms with van der Waals surface area (Å²) in [7, 11) is 0. The van der Waals surface area contributed by atoms with Gasteiger partial charge in [-0.3, -0.25) is 4.79 Å². The lowest BCUT2D eigenvalue weighted by Crippen LogP contribution is -2.50. The van der Waals surface area contributed by atoms with Crippen molar-refractivity contribution in [2.45, 2.75) is 32.4 Å². The molecule has 0 bridgehead atoms. The topological polar surface area (TPSA) is 32.3 Å². The standard InChI is InChI=1S/C25H25FN2O/c1-3-22-17(2)24(27-20-9-5-4-6-10-20)21-11-7-8-12-23(21)28(22)25(29)18-13-15-19(26)16-14-18/h4-17,22,24,27H,3H2,1-2H3/t17-,22-,24+/m1/s1. The fraction of sp³-hybridized carbons (Fsp3) is 0.240. The molecule has 3 nitrogen and oxygen atoms in total. The van der Waals surface area contributed by atoms with Gasteiger partial charge in [0, 0.05) is 28.9 Å². The van der Waals surface area contributed by atoms with Crippen molar-refractivity contribution >= 4 is 17.3 Å². The third-order valence-corrected chi connectivity index (χ3v) is 5.82. The zero-order valence-electron chi connectivity index (χ0n) is 16.7. The molecule has 3 aromatic carbocycles. The molecule has 0 aromatic heterocycles. The average molecular weight is 388 g/mol. The number of benzene rings is 3. The number of rotatable bonds is 4. The van der Waals surface area contributed by atoms with Gasteiger partial charge >= 0.3 is 0 Å². The number of nitrogens with zero attached hydrogens (tertiary/aromatic N) is 1. The zero-order valence-corrected chi connectivity index (χ0v) is 16.7. The lowest BCUT2D eigenvalue weighted by atomic mass is 9.80. The van der Waals surface area contributed by atoms with Gasteiger partial charge in [0.05, 0.1) is 6.04 Å². The maximum absolute atomic E-state index is 13.4. The van der Waals surface area contributed by atoms with E-state index in [0.717, 1.165) is 23.4 Å². The minimum atomic E-state index is -0.340. The Hall–Kier alpha value is -3.14. The van der Waals surface area contributed by atoms with Crippen molar-refractivity contribution < 1.29 is 9.18 Å². The van der Waals surface area contributed by atoms with E-state index in [-0.39, 0.29) is 29.7 Å².